The number of carboxylic acids is 1. The van der Waals surface area contributed by atoms with Gasteiger partial charge < -0.3 is 14.9 Å². The molecule has 34 heavy (non-hydrogen) atoms. The first kappa shape index (κ1) is 25.9. The summed E-state index contributed by atoms with van der Waals surface area (Å²) in [4.78, 5) is 36.2. The lowest BCUT2D eigenvalue weighted by Gasteiger charge is -2.24. The first-order valence-electron chi connectivity index (χ1n) is 10.3. The van der Waals surface area contributed by atoms with Gasteiger partial charge in [-0.1, -0.05) is 24.3 Å². The average molecular weight is 501 g/mol. The van der Waals surface area contributed by atoms with Crippen molar-refractivity contribution in [2.24, 2.45) is 0 Å². The van der Waals surface area contributed by atoms with Crippen LogP contribution in [-0.2, 0) is 29.8 Å². The Labute approximate surface area is 192 Å². The van der Waals surface area contributed by atoms with Crippen molar-refractivity contribution in [3.63, 3.8) is 0 Å². The number of hydrogen-bond donors (Lipinski definition) is 4. The monoisotopic (exact) mass is 501 g/mol. The summed E-state index contributed by atoms with van der Waals surface area (Å²) in [6.07, 6.45) is -2.92. The van der Waals surface area contributed by atoms with Crippen molar-refractivity contribution in [3.8, 4) is 0 Å². The zero-order valence-electron chi connectivity index (χ0n) is 18.3. The van der Waals surface area contributed by atoms with Gasteiger partial charge in [0.1, 0.15) is 18.4 Å². The van der Waals surface area contributed by atoms with Crippen molar-refractivity contribution in [2.75, 3.05) is 6.61 Å². The Morgan fingerprint density at radius 3 is 2.76 bits per heavy atom. The highest BCUT2D eigenvalue weighted by Gasteiger charge is 2.39. The van der Waals surface area contributed by atoms with Gasteiger partial charge in [0, 0.05) is 6.42 Å². The van der Waals surface area contributed by atoms with Gasteiger partial charge in [-0.25, -0.2) is 14.4 Å². The maximum absolute atomic E-state index is 13.6. The van der Waals surface area contributed by atoms with Crippen LogP contribution in [0.1, 0.15) is 30.7 Å². The van der Waals surface area contributed by atoms with E-state index in [-0.39, 0.29) is 13.0 Å². The molecule has 0 amide bonds. The lowest BCUT2D eigenvalue weighted by molar-refractivity contribution is -0.138. The molecule has 14 heteroatoms. The Hall–Kier alpha value is -2.67. The number of aliphatic carboxylic acids is 1. The summed E-state index contributed by atoms with van der Waals surface area (Å²) >= 11 is 0. The fourth-order valence-electron chi connectivity index (χ4n) is 3.21. The number of aliphatic hydroxyl groups is 1. The van der Waals surface area contributed by atoms with Crippen LogP contribution in [0.4, 0.5) is 4.39 Å². The molecule has 0 spiro atoms. The molecule has 0 saturated carbocycles. The number of aromatic nitrogens is 2. The number of nitrogens with zero attached hydrogens (tertiary/aromatic N) is 1. The molecular weight excluding hydrogens is 476 g/mol. The largest absolute Gasteiger partial charge is 0.480 e. The van der Waals surface area contributed by atoms with Crippen LogP contribution in [0.2, 0.25) is 0 Å². The van der Waals surface area contributed by atoms with Gasteiger partial charge >= 0.3 is 19.4 Å². The molecule has 1 saturated heterocycles. The number of ether oxygens (including phenoxy) is 1. The van der Waals surface area contributed by atoms with Crippen molar-refractivity contribution in [3.05, 3.63) is 68.2 Å². The Balaban J connectivity index is 1.71. The van der Waals surface area contributed by atoms with Gasteiger partial charge in [-0.3, -0.25) is 28.2 Å². The van der Waals surface area contributed by atoms with E-state index in [4.69, 9.17) is 13.8 Å². The summed E-state index contributed by atoms with van der Waals surface area (Å²) in [5.74, 6) is -2.50. The molecule has 5 atom stereocenters. The Kier molecular flexibility index (Phi) is 8.18. The van der Waals surface area contributed by atoms with Crippen molar-refractivity contribution >= 4 is 13.7 Å². The molecule has 3 rings (SSSR count). The molecule has 1 aromatic carbocycles. The Bertz CT molecular complexity index is 1200. The van der Waals surface area contributed by atoms with Crippen LogP contribution >= 0.6 is 7.75 Å². The second-order valence-corrected chi connectivity index (χ2v) is 9.53. The molecule has 1 aromatic heterocycles. The van der Waals surface area contributed by atoms with E-state index in [0.29, 0.717) is 11.8 Å². The number of aryl methyl sites for hydroxylation is 1. The summed E-state index contributed by atoms with van der Waals surface area (Å²) in [5.41, 5.74) is -0.566. The normalized spacial score (nSPS) is 22.9. The molecule has 186 valence electrons. The zero-order valence-corrected chi connectivity index (χ0v) is 19.2. The van der Waals surface area contributed by atoms with Gasteiger partial charge in [0.15, 0.2) is 0 Å². The van der Waals surface area contributed by atoms with E-state index < -0.39 is 61.9 Å². The van der Waals surface area contributed by atoms with Crippen LogP contribution in [-0.4, -0.2) is 50.6 Å². The first-order chi connectivity index (χ1) is 16.0. The maximum Gasteiger partial charge on any atom is 0.406 e. The summed E-state index contributed by atoms with van der Waals surface area (Å²) in [7, 11) is -4.21. The fourth-order valence-corrected chi connectivity index (χ4v) is 4.67. The standard InChI is InChI=1S/C20H25FN3O9P/c1-11-5-3-4-6-13(11)9-31-34(30,23-12(2)19(27)28)32-10-16-15(25)7-17(33-16)24-8-14(21)18(26)22-20(24)29/h3-6,8,12,15-17,25H,7,9-10H2,1-2H3,(H,23,30)(H,27,28)(H,22,26,29)/t12-,15-,16+,17+,34+/m0/s1. The number of rotatable bonds is 10. The number of carbonyl (C=O) groups is 1. The van der Waals surface area contributed by atoms with E-state index in [0.717, 1.165) is 10.1 Å². The van der Waals surface area contributed by atoms with Crippen LogP contribution in [0.15, 0.2) is 40.1 Å². The molecule has 1 aliphatic rings. The lowest BCUT2D eigenvalue weighted by Crippen LogP contribution is -2.35. The number of carboxylic acid groups (broad SMARTS) is 1. The van der Waals surface area contributed by atoms with E-state index in [1.165, 1.54) is 6.92 Å². The van der Waals surface area contributed by atoms with Gasteiger partial charge in [0.2, 0.25) is 5.82 Å². The van der Waals surface area contributed by atoms with Gasteiger partial charge in [-0.2, -0.15) is 4.39 Å². The molecule has 0 bridgehead atoms. The second-order valence-electron chi connectivity index (χ2n) is 7.76. The number of aliphatic hydroxyl groups excluding tert-OH is 1. The van der Waals surface area contributed by atoms with E-state index in [1.54, 1.807) is 17.1 Å². The number of nitrogens with one attached hydrogen (secondary N) is 2. The topological polar surface area (TPSA) is 169 Å². The third-order valence-corrected chi connectivity index (χ3v) is 6.88. The van der Waals surface area contributed by atoms with Gasteiger partial charge in [0.05, 0.1) is 25.5 Å². The predicted molar refractivity (Wildman–Crippen MR) is 116 cm³/mol. The predicted octanol–water partition coefficient (Wildman–Crippen LogP) is 1.04. The fraction of sp³-hybridized carbons (Fsp3) is 0.450. The van der Waals surface area contributed by atoms with Crippen molar-refractivity contribution < 1.29 is 37.7 Å². The van der Waals surface area contributed by atoms with E-state index in [9.17, 15) is 33.6 Å². The number of hydrogen-bond acceptors (Lipinski definition) is 8. The van der Waals surface area contributed by atoms with Crippen LogP contribution < -0.4 is 16.3 Å². The molecule has 0 radical (unpaired) electrons. The van der Waals surface area contributed by atoms with Gasteiger partial charge in [-0.05, 0) is 25.0 Å². The summed E-state index contributed by atoms with van der Waals surface area (Å²) in [6, 6.07) is 5.86. The molecule has 1 fully saturated rings. The van der Waals surface area contributed by atoms with Crippen LogP contribution in [0.3, 0.4) is 0 Å². The molecule has 12 nitrogen and oxygen atoms in total. The van der Waals surface area contributed by atoms with Crippen molar-refractivity contribution in [1.82, 2.24) is 14.6 Å². The quantitative estimate of drug-likeness (QED) is 0.345. The Morgan fingerprint density at radius 1 is 1.38 bits per heavy atom. The van der Waals surface area contributed by atoms with E-state index in [2.05, 4.69) is 5.09 Å². The smallest absolute Gasteiger partial charge is 0.406 e. The molecule has 0 aliphatic carbocycles. The van der Waals surface area contributed by atoms with E-state index >= 15 is 0 Å². The number of benzene rings is 1. The molecule has 2 aromatic rings. The molecule has 1 aliphatic heterocycles. The number of aromatic amines is 1. The third-order valence-electron chi connectivity index (χ3n) is 5.22. The minimum absolute atomic E-state index is 0.146. The van der Waals surface area contributed by atoms with Crippen molar-refractivity contribution in [1.29, 1.82) is 0 Å². The molecular formula is C20H25FN3O9P. The minimum Gasteiger partial charge on any atom is -0.480 e. The van der Waals surface area contributed by atoms with Crippen molar-refractivity contribution in [2.45, 2.75) is 51.4 Å². The Morgan fingerprint density at radius 2 is 2.09 bits per heavy atom. The SMILES string of the molecule is Cc1ccccc1CO[P@](=O)(N[C@@H](C)C(=O)O)OC[C@H]1O[C@@H](n2cc(F)c(=O)[nH]c2=O)C[C@@H]1O. The molecule has 4 N–H and O–H groups in total. The average Bonchev–Trinajstić information content (AvgIpc) is 3.14. The minimum atomic E-state index is -4.21. The van der Waals surface area contributed by atoms with Gasteiger partial charge in [-0.15, -0.1) is 0 Å². The first-order valence-corrected chi connectivity index (χ1v) is 11.8. The highest BCUT2D eigenvalue weighted by molar-refractivity contribution is 7.51. The number of halogens is 1. The number of H-pyrrole nitrogens is 1. The highest BCUT2D eigenvalue weighted by atomic mass is 31.2. The van der Waals surface area contributed by atoms with Crippen LogP contribution in [0.5, 0.6) is 0 Å². The van der Waals surface area contributed by atoms with Gasteiger partial charge in [0.25, 0.3) is 5.56 Å². The highest BCUT2D eigenvalue weighted by Crippen LogP contribution is 2.46. The summed E-state index contributed by atoms with van der Waals surface area (Å²) in [5, 5.41) is 21.8. The van der Waals surface area contributed by atoms with Crippen LogP contribution in [0, 0.1) is 12.7 Å². The molecule has 2 heterocycles. The van der Waals surface area contributed by atoms with E-state index in [1.807, 2.05) is 19.1 Å². The summed E-state index contributed by atoms with van der Waals surface area (Å²) in [6.45, 7) is 2.43. The second kappa shape index (κ2) is 10.7. The lowest BCUT2D eigenvalue weighted by atomic mass is 10.1. The zero-order chi connectivity index (χ0) is 25.0. The molecule has 0 unspecified atom stereocenters. The van der Waals surface area contributed by atoms with Crippen LogP contribution in [0.25, 0.3) is 0 Å². The third kappa shape index (κ3) is 6.26. The summed E-state index contributed by atoms with van der Waals surface area (Å²) < 4.78 is 44.0. The maximum atomic E-state index is 13.6.